The lowest BCUT2D eigenvalue weighted by molar-refractivity contribution is 1.28. The van der Waals surface area contributed by atoms with E-state index < -0.39 is 0 Å². The number of nitrogens with zero attached hydrogens (tertiary/aromatic N) is 1. The number of fused-ring (bicyclic) bond motifs is 7. The summed E-state index contributed by atoms with van der Waals surface area (Å²) in [6.07, 6.45) is 0. The topological polar surface area (TPSA) is 3.24 Å². The summed E-state index contributed by atoms with van der Waals surface area (Å²) in [6, 6.07) is 100. The summed E-state index contributed by atoms with van der Waals surface area (Å²) < 4.78 is 0. The van der Waals surface area contributed by atoms with Crippen molar-refractivity contribution in [1.29, 1.82) is 0 Å². The third-order valence-corrected chi connectivity index (χ3v) is 14.0. The van der Waals surface area contributed by atoms with Gasteiger partial charge in [0.1, 0.15) is 0 Å². The van der Waals surface area contributed by atoms with Crippen LogP contribution in [-0.4, -0.2) is 0 Å². The van der Waals surface area contributed by atoms with Crippen LogP contribution in [0.4, 0.5) is 17.1 Å². The van der Waals surface area contributed by atoms with E-state index in [2.05, 4.69) is 278 Å². The van der Waals surface area contributed by atoms with Crippen LogP contribution in [0.15, 0.2) is 273 Å². The zero-order valence-electron chi connectivity index (χ0n) is 37.9. The second-order valence-electron chi connectivity index (χ2n) is 18.0. The molecule has 0 N–H and O–H groups in total. The molecule has 0 unspecified atom stereocenters. The van der Waals surface area contributed by atoms with Gasteiger partial charge in [0, 0.05) is 17.1 Å². The summed E-state index contributed by atoms with van der Waals surface area (Å²) in [4.78, 5) is 2.39. The van der Waals surface area contributed by atoms with Gasteiger partial charge in [-0.3, -0.25) is 0 Å². The maximum atomic E-state index is 2.41. The molecule has 0 aliphatic heterocycles. The largest absolute Gasteiger partial charge is 0.310 e. The van der Waals surface area contributed by atoms with Gasteiger partial charge < -0.3 is 4.90 Å². The molecule has 0 aliphatic carbocycles. The van der Waals surface area contributed by atoms with Gasteiger partial charge in [-0.1, -0.05) is 231 Å². The van der Waals surface area contributed by atoms with Crippen LogP contribution in [0.2, 0.25) is 0 Å². The Bertz CT molecular complexity index is 4040. The highest BCUT2D eigenvalue weighted by molar-refractivity contribution is 6.22. The molecule has 1 nitrogen and oxygen atoms in total. The molecule has 1 heteroatoms. The predicted octanol–water partition coefficient (Wildman–Crippen LogP) is 19.3. The minimum Gasteiger partial charge on any atom is -0.310 e. The minimum atomic E-state index is 1.08. The second-order valence-corrected chi connectivity index (χ2v) is 18.0. The normalized spacial score (nSPS) is 11.5. The van der Waals surface area contributed by atoms with Gasteiger partial charge in [-0.2, -0.15) is 0 Å². The van der Waals surface area contributed by atoms with Crippen molar-refractivity contribution < 1.29 is 0 Å². The lowest BCUT2D eigenvalue weighted by atomic mass is 9.84. The number of anilines is 3. The van der Waals surface area contributed by atoms with E-state index in [9.17, 15) is 0 Å². The zero-order chi connectivity index (χ0) is 45.7. The lowest BCUT2D eigenvalue weighted by Crippen LogP contribution is -2.10. The molecule has 0 bridgehead atoms. The van der Waals surface area contributed by atoms with Crippen LogP contribution in [0.1, 0.15) is 0 Å². The quantitative estimate of drug-likeness (QED) is 0.138. The second kappa shape index (κ2) is 17.0. The van der Waals surface area contributed by atoms with Gasteiger partial charge in [-0.25, -0.2) is 0 Å². The highest BCUT2D eigenvalue weighted by atomic mass is 15.1. The SMILES string of the molecule is c1ccc(-c2c(-c3ccccc3)c3cc(-c4ccc(N(c5ccc(-c6cccc7c6ccc6ccccc67)cc5)c5cccc(-c6cccc7ccccc67)c5)cc4)ccc3c3ccccc23)cc1. The smallest absolute Gasteiger partial charge is 0.0467 e. The van der Waals surface area contributed by atoms with E-state index in [1.54, 1.807) is 0 Å². The van der Waals surface area contributed by atoms with Crippen molar-refractivity contribution in [1.82, 2.24) is 0 Å². The lowest BCUT2D eigenvalue weighted by Gasteiger charge is -2.27. The van der Waals surface area contributed by atoms with Crippen LogP contribution >= 0.6 is 0 Å². The Morgan fingerprint density at radius 3 is 1.35 bits per heavy atom. The van der Waals surface area contributed by atoms with Crippen LogP contribution in [0.5, 0.6) is 0 Å². The summed E-state index contributed by atoms with van der Waals surface area (Å²) in [6.45, 7) is 0. The van der Waals surface area contributed by atoms with Crippen molar-refractivity contribution in [2.24, 2.45) is 0 Å². The molecular weight excluding hydrogens is 831 g/mol. The van der Waals surface area contributed by atoms with Crippen molar-refractivity contribution in [2.75, 3.05) is 4.90 Å². The van der Waals surface area contributed by atoms with Crippen molar-refractivity contribution in [2.45, 2.75) is 0 Å². The average molecular weight is 876 g/mol. The van der Waals surface area contributed by atoms with Crippen LogP contribution in [0.3, 0.4) is 0 Å². The van der Waals surface area contributed by atoms with Crippen LogP contribution in [0.25, 0.3) is 109 Å². The summed E-state index contributed by atoms with van der Waals surface area (Å²) >= 11 is 0. The molecule has 13 aromatic rings. The van der Waals surface area contributed by atoms with E-state index in [0.717, 1.165) is 22.6 Å². The molecule has 0 fully saturated rings. The molecule has 0 spiro atoms. The third kappa shape index (κ3) is 7.12. The van der Waals surface area contributed by atoms with E-state index >= 15 is 0 Å². The van der Waals surface area contributed by atoms with E-state index in [1.807, 2.05) is 0 Å². The molecule has 322 valence electrons. The Kier molecular flexibility index (Phi) is 9.91. The highest BCUT2D eigenvalue weighted by Gasteiger charge is 2.20. The van der Waals surface area contributed by atoms with Crippen LogP contribution in [-0.2, 0) is 0 Å². The molecule has 0 amide bonds. The molecule has 69 heavy (non-hydrogen) atoms. The van der Waals surface area contributed by atoms with Gasteiger partial charge in [-0.15, -0.1) is 0 Å². The van der Waals surface area contributed by atoms with E-state index in [4.69, 9.17) is 0 Å². The Morgan fingerprint density at radius 1 is 0.188 bits per heavy atom. The Balaban J connectivity index is 0.944. The van der Waals surface area contributed by atoms with Gasteiger partial charge in [0.05, 0.1) is 0 Å². The molecule has 0 atom stereocenters. The third-order valence-electron chi connectivity index (χ3n) is 14.0. The molecule has 13 rings (SSSR count). The van der Waals surface area contributed by atoms with Gasteiger partial charge in [0.25, 0.3) is 0 Å². The number of hydrogen-bond acceptors (Lipinski definition) is 1. The van der Waals surface area contributed by atoms with Crippen LogP contribution in [0, 0.1) is 0 Å². The van der Waals surface area contributed by atoms with Gasteiger partial charge >= 0.3 is 0 Å². The molecule has 0 aromatic heterocycles. The first-order valence-corrected chi connectivity index (χ1v) is 23.8. The number of benzene rings is 13. The molecule has 0 radical (unpaired) electrons. The molecule has 0 saturated carbocycles. The zero-order valence-corrected chi connectivity index (χ0v) is 37.9. The number of hydrogen-bond donors (Lipinski definition) is 0. The van der Waals surface area contributed by atoms with Gasteiger partial charge in [-0.05, 0) is 152 Å². The van der Waals surface area contributed by atoms with Crippen molar-refractivity contribution in [3.05, 3.63) is 273 Å². The summed E-state index contributed by atoms with van der Waals surface area (Å²) in [5, 5.41) is 12.6. The van der Waals surface area contributed by atoms with Crippen molar-refractivity contribution in [3.8, 4) is 55.6 Å². The van der Waals surface area contributed by atoms with E-state index in [1.165, 1.54) is 104 Å². The predicted molar refractivity (Wildman–Crippen MR) is 296 cm³/mol. The number of rotatable bonds is 8. The van der Waals surface area contributed by atoms with Crippen LogP contribution < -0.4 is 4.90 Å². The first kappa shape index (κ1) is 40.3. The van der Waals surface area contributed by atoms with Gasteiger partial charge in [0.15, 0.2) is 0 Å². The monoisotopic (exact) mass is 875 g/mol. The molecule has 0 heterocycles. The maximum Gasteiger partial charge on any atom is 0.0467 e. The van der Waals surface area contributed by atoms with E-state index in [0.29, 0.717) is 0 Å². The first-order chi connectivity index (χ1) is 34.2. The first-order valence-electron chi connectivity index (χ1n) is 23.8. The molecule has 0 saturated heterocycles. The molecule has 0 aliphatic rings. The standard InChI is InChI=1S/C68H45N/c1-3-18-50(19-4-1)67-65-28-12-11-27-62(65)64-43-37-52(45-66(64)68(67)51-20-5-2-6-21-51)46-32-38-54(39-33-46)69(56-24-13-23-53(44-56)60-29-14-22-47-16-7-9-25-57(47)60)55-40-34-49(35-41-55)59-30-15-31-61-58-26-10-8-17-48(58)36-42-63(59)61/h1-45H. The fourth-order valence-electron chi connectivity index (χ4n) is 10.8. The summed E-state index contributed by atoms with van der Waals surface area (Å²) in [5.41, 5.74) is 15.4. The van der Waals surface area contributed by atoms with Gasteiger partial charge in [0.2, 0.25) is 0 Å². The summed E-state index contributed by atoms with van der Waals surface area (Å²) in [7, 11) is 0. The molecular formula is C68H45N. The Morgan fingerprint density at radius 2 is 0.638 bits per heavy atom. The average Bonchev–Trinajstić information content (AvgIpc) is 3.43. The maximum absolute atomic E-state index is 2.41. The highest BCUT2D eigenvalue weighted by Crippen LogP contribution is 2.46. The fraction of sp³-hybridized carbons (Fsp3) is 0. The van der Waals surface area contributed by atoms with Crippen molar-refractivity contribution >= 4 is 70.9 Å². The Labute approximate surface area is 402 Å². The van der Waals surface area contributed by atoms with E-state index in [-0.39, 0.29) is 0 Å². The summed E-state index contributed by atoms with van der Waals surface area (Å²) in [5.74, 6) is 0. The van der Waals surface area contributed by atoms with Crippen molar-refractivity contribution in [3.63, 3.8) is 0 Å². The Hall–Kier alpha value is -9.04. The fourth-order valence-corrected chi connectivity index (χ4v) is 10.8. The minimum absolute atomic E-state index is 1.08. The molecule has 13 aromatic carbocycles.